The largest absolute Gasteiger partial charge is 0.481 e. The predicted octanol–water partition coefficient (Wildman–Crippen LogP) is -2.41. The van der Waals surface area contributed by atoms with Gasteiger partial charge in [-0.1, -0.05) is 20.3 Å². The molecule has 5 atom stereocenters. The molecule has 3 amide bonds. The van der Waals surface area contributed by atoms with E-state index in [1.54, 1.807) is 6.92 Å². The van der Waals surface area contributed by atoms with Gasteiger partial charge in [-0.25, -0.2) is 4.79 Å². The Morgan fingerprint density at radius 2 is 1.27 bits per heavy atom. The Hall–Kier alpha value is -3.26. The lowest BCUT2D eigenvalue weighted by Gasteiger charge is -2.25. The minimum Gasteiger partial charge on any atom is -0.481 e. The lowest BCUT2D eigenvalue weighted by molar-refractivity contribution is -0.147. The van der Waals surface area contributed by atoms with Crippen LogP contribution >= 0.6 is 0 Å². The van der Waals surface area contributed by atoms with E-state index < -0.39 is 72.6 Å². The zero-order valence-electron chi connectivity index (χ0n) is 18.6. The maximum absolute atomic E-state index is 12.7. The molecule has 0 saturated heterocycles. The predicted molar refractivity (Wildman–Crippen MR) is 114 cm³/mol. The first kappa shape index (κ1) is 29.7. The number of rotatable bonds is 16. The van der Waals surface area contributed by atoms with Crippen LogP contribution in [0.4, 0.5) is 0 Å². The summed E-state index contributed by atoms with van der Waals surface area (Å²) in [5.74, 6) is -7.07. The summed E-state index contributed by atoms with van der Waals surface area (Å²) in [6.45, 7) is 3.45. The zero-order chi connectivity index (χ0) is 25.7. The quantitative estimate of drug-likeness (QED) is 0.117. The lowest BCUT2D eigenvalue weighted by Crippen LogP contribution is -2.58. The maximum Gasteiger partial charge on any atom is 0.326 e. The molecule has 10 N–H and O–H groups in total. The molecule has 0 bridgehead atoms. The summed E-state index contributed by atoms with van der Waals surface area (Å²) in [4.78, 5) is 70.6. The Balaban J connectivity index is 5.49. The minimum absolute atomic E-state index is 0.0971. The number of carboxylic acid groups (broad SMARTS) is 3. The molecule has 0 aromatic carbocycles. The van der Waals surface area contributed by atoms with Crippen LogP contribution in [0.2, 0.25) is 0 Å². The normalized spacial score (nSPS) is 15.3. The summed E-state index contributed by atoms with van der Waals surface area (Å²) in [5, 5.41) is 33.5. The first-order valence-electron chi connectivity index (χ1n) is 10.4. The summed E-state index contributed by atoms with van der Waals surface area (Å²) in [7, 11) is 0. The zero-order valence-corrected chi connectivity index (χ0v) is 18.6. The molecule has 0 aliphatic heterocycles. The molecule has 0 aliphatic carbocycles. The van der Waals surface area contributed by atoms with Crippen molar-refractivity contribution in [2.45, 2.75) is 70.1 Å². The Labute approximate surface area is 190 Å². The first-order valence-corrected chi connectivity index (χ1v) is 10.4. The van der Waals surface area contributed by atoms with Crippen molar-refractivity contribution in [2.75, 3.05) is 6.54 Å². The van der Waals surface area contributed by atoms with E-state index >= 15 is 0 Å². The highest BCUT2D eigenvalue weighted by Gasteiger charge is 2.31. The Bertz CT molecular complexity index is 730. The van der Waals surface area contributed by atoms with E-state index in [0.29, 0.717) is 6.42 Å². The van der Waals surface area contributed by atoms with Crippen molar-refractivity contribution in [2.24, 2.45) is 17.4 Å². The second-order valence-corrected chi connectivity index (χ2v) is 7.54. The third kappa shape index (κ3) is 11.2. The summed E-state index contributed by atoms with van der Waals surface area (Å²) in [5.41, 5.74) is 11.3. The van der Waals surface area contributed by atoms with Gasteiger partial charge in [0.05, 0.1) is 12.5 Å². The van der Waals surface area contributed by atoms with Gasteiger partial charge in [-0.15, -0.1) is 0 Å². The first-order chi connectivity index (χ1) is 15.3. The van der Waals surface area contributed by atoms with Crippen molar-refractivity contribution in [3.05, 3.63) is 0 Å². The molecular formula is C19H33N5O9. The average Bonchev–Trinajstić information content (AvgIpc) is 2.73. The smallest absolute Gasteiger partial charge is 0.326 e. The van der Waals surface area contributed by atoms with Gasteiger partial charge in [-0.2, -0.15) is 0 Å². The molecule has 33 heavy (non-hydrogen) atoms. The number of nitrogens with two attached hydrogens (primary N) is 2. The molecule has 0 unspecified atom stereocenters. The van der Waals surface area contributed by atoms with E-state index in [1.807, 2.05) is 12.2 Å². The fourth-order valence-electron chi connectivity index (χ4n) is 2.67. The third-order valence-corrected chi connectivity index (χ3v) is 4.92. The van der Waals surface area contributed by atoms with Gasteiger partial charge in [0.1, 0.15) is 18.1 Å². The van der Waals surface area contributed by atoms with Crippen LogP contribution < -0.4 is 27.4 Å². The second kappa shape index (κ2) is 14.7. The molecule has 0 aromatic heterocycles. The Kier molecular flexibility index (Phi) is 13.3. The average molecular weight is 475 g/mol. The van der Waals surface area contributed by atoms with E-state index in [4.69, 9.17) is 26.8 Å². The second-order valence-electron chi connectivity index (χ2n) is 7.54. The lowest BCUT2D eigenvalue weighted by atomic mass is 9.98. The van der Waals surface area contributed by atoms with Gasteiger partial charge in [0.15, 0.2) is 0 Å². The van der Waals surface area contributed by atoms with Crippen molar-refractivity contribution in [3.8, 4) is 0 Å². The monoisotopic (exact) mass is 475 g/mol. The molecule has 0 heterocycles. The molecule has 0 saturated carbocycles. The highest BCUT2D eigenvalue weighted by Crippen LogP contribution is 2.07. The van der Waals surface area contributed by atoms with Crippen LogP contribution in [0.15, 0.2) is 0 Å². The van der Waals surface area contributed by atoms with E-state index in [0.717, 1.165) is 0 Å². The van der Waals surface area contributed by atoms with Gasteiger partial charge < -0.3 is 42.7 Å². The number of amides is 3. The molecule has 0 rings (SSSR count). The van der Waals surface area contributed by atoms with Crippen molar-refractivity contribution in [1.29, 1.82) is 0 Å². The van der Waals surface area contributed by atoms with Crippen LogP contribution in [0.5, 0.6) is 0 Å². The molecule has 0 aromatic rings. The number of hydrogen-bond donors (Lipinski definition) is 8. The Morgan fingerprint density at radius 3 is 1.70 bits per heavy atom. The molecule has 0 radical (unpaired) electrons. The van der Waals surface area contributed by atoms with Gasteiger partial charge in [0.2, 0.25) is 17.7 Å². The van der Waals surface area contributed by atoms with E-state index in [2.05, 4.69) is 10.6 Å². The summed E-state index contributed by atoms with van der Waals surface area (Å²) >= 11 is 0. The van der Waals surface area contributed by atoms with Crippen LogP contribution in [0.3, 0.4) is 0 Å². The van der Waals surface area contributed by atoms with Gasteiger partial charge in [-0.3, -0.25) is 24.0 Å². The van der Waals surface area contributed by atoms with Gasteiger partial charge in [0, 0.05) is 6.42 Å². The maximum atomic E-state index is 12.7. The van der Waals surface area contributed by atoms with Gasteiger partial charge in [-0.05, 0) is 25.3 Å². The van der Waals surface area contributed by atoms with Gasteiger partial charge >= 0.3 is 17.9 Å². The number of carbonyl (C=O) groups is 6. The molecular weight excluding hydrogens is 442 g/mol. The SMILES string of the molecule is CC[C@H](C)[C@H](N)C(=O)N[C@@H](CCC(=O)O)C(=O)N[C@@H](CCN)C(=O)N[C@@H](CC(=O)O)C(=O)O. The number of carboxylic acids is 3. The van der Waals surface area contributed by atoms with Crippen molar-refractivity contribution >= 4 is 35.6 Å². The number of hydrogen-bond acceptors (Lipinski definition) is 8. The number of carbonyl (C=O) groups excluding carboxylic acids is 3. The van der Waals surface area contributed by atoms with Crippen LogP contribution in [0, 0.1) is 5.92 Å². The minimum atomic E-state index is -1.75. The summed E-state index contributed by atoms with van der Waals surface area (Å²) < 4.78 is 0. The van der Waals surface area contributed by atoms with Crippen LogP contribution in [-0.2, 0) is 28.8 Å². The molecule has 188 valence electrons. The fourth-order valence-corrected chi connectivity index (χ4v) is 2.67. The van der Waals surface area contributed by atoms with E-state index in [9.17, 15) is 28.8 Å². The summed E-state index contributed by atoms with van der Waals surface area (Å²) in [6.07, 6.45) is -1.21. The van der Waals surface area contributed by atoms with Crippen LogP contribution in [0.1, 0.15) is 46.0 Å². The van der Waals surface area contributed by atoms with Gasteiger partial charge in [0.25, 0.3) is 0 Å². The number of nitrogens with one attached hydrogen (secondary N) is 3. The highest BCUT2D eigenvalue weighted by molar-refractivity contribution is 5.94. The molecule has 0 aliphatic rings. The molecule has 14 heteroatoms. The summed E-state index contributed by atoms with van der Waals surface area (Å²) in [6, 6.07) is -5.40. The molecule has 0 fully saturated rings. The third-order valence-electron chi connectivity index (χ3n) is 4.92. The van der Waals surface area contributed by atoms with Crippen molar-refractivity contribution < 1.29 is 44.1 Å². The van der Waals surface area contributed by atoms with Crippen molar-refractivity contribution in [3.63, 3.8) is 0 Å². The molecule has 0 spiro atoms. The standard InChI is InChI=1S/C19H33N5O9/c1-3-9(2)15(21)18(31)23-10(4-5-13(25)26)16(29)22-11(6-7-20)17(30)24-12(19(32)33)8-14(27)28/h9-12,15H,3-8,20-21H2,1-2H3,(H,22,29)(H,23,31)(H,24,30)(H,25,26)(H,27,28)(H,32,33)/t9-,10-,11-,12-,15-/m0/s1. The van der Waals surface area contributed by atoms with Crippen LogP contribution in [-0.4, -0.2) is 81.7 Å². The molecule has 14 nitrogen and oxygen atoms in total. The number of aliphatic carboxylic acids is 3. The van der Waals surface area contributed by atoms with E-state index in [-0.39, 0.29) is 25.3 Å². The topological polar surface area (TPSA) is 251 Å². The van der Waals surface area contributed by atoms with Crippen molar-refractivity contribution in [1.82, 2.24) is 16.0 Å². The highest BCUT2D eigenvalue weighted by atomic mass is 16.4. The fraction of sp³-hybridized carbons (Fsp3) is 0.684. The van der Waals surface area contributed by atoms with Crippen LogP contribution in [0.25, 0.3) is 0 Å². The van der Waals surface area contributed by atoms with E-state index in [1.165, 1.54) is 0 Å². The Morgan fingerprint density at radius 1 is 0.788 bits per heavy atom.